The second-order valence-corrected chi connectivity index (χ2v) is 7.96. The quantitative estimate of drug-likeness (QED) is 0.393. The Morgan fingerprint density at radius 1 is 1.34 bits per heavy atom. The van der Waals surface area contributed by atoms with Crippen LogP contribution >= 0.6 is 11.6 Å². The minimum absolute atomic E-state index is 0.0768. The van der Waals surface area contributed by atoms with Crippen molar-refractivity contribution in [2.24, 2.45) is 0 Å². The highest BCUT2D eigenvalue weighted by atomic mass is 35.5. The van der Waals surface area contributed by atoms with Crippen molar-refractivity contribution >= 4 is 52.3 Å². The van der Waals surface area contributed by atoms with Gasteiger partial charge in [-0.1, -0.05) is 11.6 Å². The van der Waals surface area contributed by atoms with Crippen LogP contribution in [0.1, 0.15) is 24.6 Å². The number of Topliss-reactive ketones (excluding diaryl/α,β-unsaturated/α-hetero) is 1. The first-order valence-corrected chi connectivity index (χ1v) is 10.9. The molecule has 4 N–H and O–H groups in total. The highest BCUT2D eigenvalue weighted by Crippen LogP contribution is 2.37. The van der Waals surface area contributed by atoms with Gasteiger partial charge in [0.2, 0.25) is 5.95 Å². The lowest BCUT2D eigenvalue weighted by molar-refractivity contribution is -0.120. The van der Waals surface area contributed by atoms with Gasteiger partial charge in [-0.25, -0.2) is 9.78 Å². The van der Waals surface area contributed by atoms with Gasteiger partial charge in [-0.3, -0.25) is 4.79 Å². The topological polar surface area (TPSA) is 184 Å². The Hall–Kier alpha value is -4.62. The van der Waals surface area contributed by atoms with Gasteiger partial charge in [0.25, 0.3) is 0 Å². The number of fused-ring (bicyclic) bond motifs is 1. The van der Waals surface area contributed by atoms with Crippen LogP contribution in [0.25, 0.3) is 5.65 Å². The number of carboxylic acid groups (broad SMARTS) is 1. The molecule has 1 amide bonds. The van der Waals surface area contributed by atoms with Crippen LogP contribution in [0.2, 0.25) is 5.02 Å². The van der Waals surface area contributed by atoms with Gasteiger partial charge in [0.15, 0.2) is 22.9 Å². The number of nitriles is 2. The van der Waals surface area contributed by atoms with Crippen molar-refractivity contribution in [3.05, 3.63) is 34.6 Å². The molecule has 1 saturated heterocycles. The molecule has 1 unspecified atom stereocenters. The first-order chi connectivity index (χ1) is 16.8. The molecule has 4 rings (SSSR count). The van der Waals surface area contributed by atoms with Crippen LogP contribution in [0.4, 0.5) is 27.9 Å². The van der Waals surface area contributed by atoms with E-state index in [4.69, 9.17) is 16.7 Å². The summed E-state index contributed by atoms with van der Waals surface area (Å²) < 4.78 is 1.34. The van der Waals surface area contributed by atoms with E-state index in [1.54, 1.807) is 11.0 Å². The molecule has 0 bridgehead atoms. The number of amides is 1. The van der Waals surface area contributed by atoms with E-state index in [0.717, 1.165) is 0 Å². The Bertz CT molecular complexity index is 1410. The number of nitrogens with one attached hydrogen (secondary N) is 3. The third-order valence-electron chi connectivity index (χ3n) is 5.31. The number of rotatable bonds is 6. The van der Waals surface area contributed by atoms with Gasteiger partial charge in [0.05, 0.1) is 46.8 Å². The molecule has 1 atom stereocenters. The number of halogens is 1. The molecule has 1 aliphatic rings. The van der Waals surface area contributed by atoms with Crippen LogP contribution in [-0.2, 0) is 4.79 Å². The number of hydrogen-bond donors (Lipinski definition) is 4. The summed E-state index contributed by atoms with van der Waals surface area (Å²) in [5.41, 5.74) is 1.61. The van der Waals surface area contributed by atoms with Gasteiger partial charge in [-0.2, -0.15) is 20.0 Å². The number of aromatic nitrogens is 4. The standard InChI is InChI=1S/C21H19ClN10O3/c1-2-25-18-19-26-9-12(8-24)32(19)30-20(29-18)27-14-5-11(7-23)6-15(17(14)22)31-4-3-13(16(33)10-31)28-21(34)35/h5-6,9,13,28H,2-4,10H2,1H3,(H,34,35)(H2,25,27,29,30). The van der Waals surface area contributed by atoms with E-state index in [-0.39, 0.29) is 41.0 Å². The van der Waals surface area contributed by atoms with E-state index in [0.29, 0.717) is 35.9 Å². The number of carbonyl (C=O) groups is 2. The maximum atomic E-state index is 12.5. The first kappa shape index (κ1) is 23.5. The van der Waals surface area contributed by atoms with Crippen molar-refractivity contribution in [1.82, 2.24) is 24.9 Å². The molecule has 3 heterocycles. The number of imidazole rings is 1. The van der Waals surface area contributed by atoms with E-state index >= 15 is 0 Å². The Morgan fingerprint density at radius 3 is 2.80 bits per heavy atom. The van der Waals surface area contributed by atoms with Crippen molar-refractivity contribution in [1.29, 1.82) is 10.5 Å². The molecule has 0 aliphatic carbocycles. The van der Waals surface area contributed by atoms with Gasteiger partial charge in [-0.05, 0) is 25.5 Å². The van der Waals surface area contributed by atoms with Crippen LogP contribution in [0.15, 0.2) is 18.3 Å². The molecule has 178 valence electrons. The smallest absolute Gasteiger partial charge is 0.405 e. The van der Waals surface area contributed by atoms with Gasteiger partial charge in [0, 0.05) is 13.1 Å². The molecular formula is C21H19ClN10O3. The average Bonchev–Trinajstić information content (AvgIpc) is 3.25. The summed E-state index contributed by atoms with van der Waals surface area (Å²) in [5, 5.41) is 40.7. The van der Waals surface area contributed by atoms with Crippen molar-refractivity contribution in [3.8, 4) is 12.1 Å². The average molecular weight is 495 g/mol. The minimum Gasteiger partial charge on any atom is -0.465 e. The Kier molecular flexibility index (Phi) is 6.53. The molecule has 0 saturated carbocycles. The molecule has 1 aliphatic heterocycles. The lowest BCUT2D eigenvalue weighted by Gasteiger charge is -2.33. The second-order valence-electron chi connectivity index (χ2n) is 7.58. The molecule has 1 aromatic carbocycles. The monoisotopic (exact) mass is 494 g/mol. The van der Waals surface area contributed by atoms with E-state index in [9.17, 15) is 20.1 Å². The van der Waals surface area contributed by atoms with Gasteiger partial charge < -0.3 is 26.0 Å². The summed E-state index contributed by atoms with van der Waals surface area (Å²) in [7, 11) is 0. The molecule has 0 radical (unpaired) electrons. The van der Waals surface area contributed by atoms with E-state index in [2.05, 4.69) is 37.1 Å². The van der Waals surface area contributed by atoms with Crippen molar-refractivity contribution in [2.75, 3.05) is 35.2 Å². The number of anilines is 4. The normalized spacial score (nSPS) is 15.4. The lowest BCUT2D eigenvalue weighted by atomic mass is 10.0. The maximum Gasteiger partial charge on any atom is 0.405 e. The van der Waals surface area contributed by atoms with Crippen LogP contribution < -0.4 is 20.9 Å². The molecular weight excluding hydrogens is 476 g/mol. The molecule has 1 fully saturated rings. The summed E-state index contributed by atoms with van der Waals surface area (Å²) in [6, 6.07) is 6.37. The number of ketones is 1. The first-order valence-electron chi connectivity index (χ1n) is 10.5. The molecule has 13 nitrogen and oxygen atoms in total. The minimum atomic E-state index is -1.26. The predicted octanol–water partition coefficient (Wildman–Crippen LogP) is 2.11. The van der Waals surface area contributed by atoms with Crippen molar-refractivity contribution in [3.63, 3.8) is 0 Å². The lowest BCUT2D eigenvalue weighted by Crippen LogP contribution is -2.51. The zero-order valence-electron chi connectivity index (χ0n) is 18.4. The van der Waals surface area contributed by atoms with Crippen LogP contribution in [0, 0.1) is 22.7 Å². The highest BCUT2D eigenvalue weighted by Gasteiger charge is 2.30. The summed E-state index contributed by atoms with van der Waals surface area (Å²) in [6.45, 7) is 2.71. The Balaban J connectivity index is 1.69. The van der Waals surface area contributed by atoms with Crippen LogP contribution in [0.3, 0.4) is 0 Å². The summed E-state index contributed by atoms with van der Waals surface area (Å²) in [4.78, 5) is 33.7. The van der Waals surface area contributed by atoms with E-state index in [1.807, 2.05) is 13.0 Å². The summed E-state index contributed by atoms with van der Waals surface area (Å²) >= 11 is 6.67. The van der Waals surface area contributed by atoms with Crippen molar-refractivity contribution in [2.45, 2.75) is 19.4 Å². The van der Waals surface area contributed by atoms with E-state index < -0.39 is 12.1 Å². The Morgan fingerprint density at radius 2 is 2.14 bits per heavy atom. The number of nitrogens with zero attached hydrogens (tertiary/aromatic N) is 7. The van der Waals surface area contributed by atoms with Crippen molar-refractivity contribution < 1.29 is 14.7 Å². The number of piperidine rings is 1. The highest BCUT2D eigenvalue weighted by molar-refractivity contribution is 6.36. The zero-order chi connectivity index (χ0) is 25.1. The fraction of sp³-hybridized carbons (Fsp3) is 0.286. The molecule has 2 aromatic heterocycles. The number of hydrogen-bond acceptors (Lipinski definition) is 10. The molecule has 3 aromatic rings. The zero-order valence-corrected chi connectivity index (χ0v) is 19.2. The maximum absolute atomic E-state index is 12.5. The molecule has 14 heteroatoms. The SMILES string of the molecule is CCNc1nc(Nc2cc(C#N)cc(N3CCC(NC(=O)O)C(=O)C3)c2Cl)nn2c(C#N)cnc12. The van der Waals surface area contributed by atoms with Gasteiger partial charge in [0.1, 0.15) is 6.07 Å². The summed E-state index contributed by atoms with van der Waals surface area (Å²) in [5.74, 6) is 0.198. The summed E-state index contributed by atoms with van der Waals surface area (Å²) in [6.07, 6.45) is 0.374. The molecule has 0 spiro atoms. The fourth-order valence-electron chi connectivity index (χ4n) is 3.74. The third kappa shape index (κ3) is 4.71. The second kappa shape index (κ2) is 9.70. The van der Waals surface area contributed by atoms with Crippen LogP contribution in [0.5, 0.6) is 0 Å². The third-order valence-corrected chi connectivity index (χ3v) is 5.71. The number of carbonyl (C=O) groups excluding carboxylic acids is 1. The Labute approximate surface area is 203 Å². The largest absolute Gasteiger partial charge is 0.465 e. The van der Waals surface area contributed by atoms with Gasteiger partial charge in [-0.15, -0.1) is 5.10 Å². The number of benzene rings is 1. The van der Waals surface area contributed by atoms with Crippen LogP contribution in [-0.4, -0.2) is 62.2 Å². The predicted molar refractivity (Wildman–Crippen MR) is 126 cm³/mol. The van der Waals surface area contributed by atoms with Gasteiger partial charge >= 0.3 is 6.09 Å². The van der Waals surface area contributed by atoms with E-state index in [1.165, 1.54) is 16.8 Å². The fourth-order valence-corrected chi connectivity index (χ4v) is 4.02. The molecule has 35 heavy (non-hydrogen) atoms.